The van der Waals surface area contributed by atoms with Crippen LogP contribution in [0.2, 0.25) is 0 Å². The van der Waals surface area contributed by atoms with Gasteiger partial charge in [0.15, 0.2) is 0 Å². The second-order valence-corrected chi connectivity index (χ2v) is 4.70. The quantitative estimate of drug-likeness (QED) is 0.866. The molecule has 0 saturated heterocycles. The average Bonchev–Trinajstić information content (AvgIpc) is 2.48. The Labute approximate surface area is 119 Å². The van der Waals surface area contributed by atoms with E-state index in [0.717, 1.165) is 6.42 Å². The number of hydrogen-bond acceptors (Lipinski definition) is 2. The van der Waals surface area contributed by atoms with Gasteiger partial charge in [-0.25, -0.2) is 4.39 Å². The molecule has 0 heterocycles. The third-order valence-electron chi connectivity index (χ3n) is 3.35. The molecule has 2 aromatic rings. The molecule has 2 rings (SSSR count). The van der Waals surface area contributed by atoms with Gasteiger partial charge in [-0.3, -0.25) is 0 Å². The summed E-state index contributed by atoms with van der Waals surface area (Å²) >= 11 is 0. The van der Waals surface area contributed by atoms with Crippen molar-refractivity contribution in [3.05, 3.63) is 65.5 Å². The molecule has 0 aliphatic rings. The molecule has 0 radical (unpaired) electrons. The Morgan fingerprint density at radius 3 is 2.50 bits per heavy atom. The van der Waals surface area contributed by atoms with Crippen LogP contribution in [0.5, 0.6) is 5.75 Å². The summed E-state index contributed by atoms with van der Waals surface area (Å²) in [7, 11) is 1.90. The van der Waals surface area contributed by atoms with Crippen molar-refractivity contribution in [3.63, 3.8) is 0 Å². The van der Waals surface area contributed by atoms with Crippen LogP contribution >= 0.6 is 0 Å². The Morgan fingerprint density at radius 1 is 1.15 bits per heavy atom. The van der Waals surface area contributed by atoms with Crippen LogP contribution in [0, 0.1) is 5.82 Å². The fourth-order valence-electron chi connectivity index (χ4n) is 2.07. The monoisotopic (exact) mass is 273 g/mol. The van der Waals surface area contributed by atoms with Gasteiger partial charge in [0.2, 0.25) is 0 Å². The van der Waals surface area contributed by atoms with E-state index in [9.17, 15) is 4.39 Å². The van der Waals surface area contributed by atoms with Crippen molar-refractivity contribution in [2.24, 2.45) is 0 Å². The van der Waals surface area contributed by atoms with Gasteiger partial charge in [-0.2, -0.15) is 0 Å². The number of hydrogen-bond donors (Lipinski definition) is 1. The summed E-state index contributed by atoms with van der Waals surface area (Å²) in [6, 6.07) is 14.8. The molecule has 106 valence electrons. The predicted molar refractivity (Wildman–Crippen MR) is 79.5 cm³/mol. The smallest absolute Gasteiger partial charge is 0.126 e. The number of nitrogens with one attached hydrogen (secondary N) is 1. The first kappa shape index (κ1) is 14.5. The lowest BCUT2D eigenvalue weighted by Gasteiger charge is -2.18. The van der Waals surface area contributed by atoms with E-state index in [0.29, 0.717) is 12.4 Å². The van der Waals surface area contributed by atoms with Crippen molar-refractivity contribution in [2.75, 3.05) is 13.7 Å². The van der Waals surface area contributed by atoms with E-state index in [1.165, 1.54) is 23.3 Å². The Bertz CT molecular complexity index is 539. The van der Waals surface area contributed by atoms with Gasteiger partial charge in [-0.15, -0.1) is 0 Å². The van der Waals surface area contributed by atoms with Crippen LogP contribution in [0.1, 0.15) is 24.1 Å². The first-order chi connectivity index (χ1) is 9.72. The molecule has 0 bridgehead atoms. The van der Waals surface area contributed by atoms with Gasteiger partial charge in [0.1, 0.15) is 18.2 Å². The molecule has 2 nitrogen and oxygen atoms in total. The number of rotatable bonds is 6. The van der Waals surface area contributed by atoms with Gasteiger partial charge in [0, 0.05) is 6.07 Å². The maximum atomic E-state index is 13.1. The van der Waals surface area contributed by atoms with Crippen LogP contribution in [0.3, 0.4) is 0 Å². The van der Waals surface area contributed by atoms with Gasteiger partial charge in [0.05, 0.1) is 6.04 Å². The number of benzene rings is 2. The summed E-state index contributed by atoms with van der Waals surface area (Å²) in [6.07, 6.45) is 1.03. The van der Waals surface area contributed by atoms with E-state index < -0.39 is 0 Å². The van der Waals surface area contributed by atoms with Crippen LogP contribution < -0.4 is 10.1 Å². The Hall–Kier alpha value is -1.87. The second kappa shape index (κ2) is 7.06. The molecule has 1 unspecified atom stereocenters. The van der Waals surface area contributed by atoms with E-state index in [-0.39, 0.29) is 11.9 Å². The van der Waals surface area contributed by atoms with E-state index in [2.05, 4.69) is 36.5 Å². The highest BCUT2D eigenvalue weighted by atomic mass is 19.1. The topological polar surface area (TPSA) is 21.3 Å². The zero-order valence-corrected chi connectivity index (χ0v) is 11.9. The lowest BCUT2D eigenvalue weighted by molar-refractivity contribution is 0.272. The van der Waals surface area contributed by atoms with Gasteiger partial charge >= 0.3 is 0 Å². The molecule has 3 heteroatoms. The summed E-state index contributed by atoms with van der Waals surface area (Å²) < 4.78 is 18.7. The lowest BCUT2D eigenvalue weighted by Crippen LogP contribution is -2.23. The van der Waals surface area contributed by atoms with Crippen LogP contribution in [0.25, 0.3) is 0 Å². The van der Waals surface area contributed by atoms with Crippen molar-refractivity contribution >= 4 is 0 Å². The summed E-state index contributed by atoms with van der Waals surface area (Å²) in [4.78, 5) is 0. The summed E-state index contributed by atoms with van der Waals surface area (Å²) in [6.45, 7) is 2.60. The maximum absolute atomic E-state index is 13.1. The predicted octanol–water partition coefficient (Wildman–Crippen LogP) is 3.73. The molecule has 1 N–H and O–H groups in total. The van der Waals surface area contributed by atoms with Crippen molar-refractivity contribution in [2.45, 2.75) is 19.4 Å². The SMILES string of the molecule is CCc1ccc(C(COc2cccc(F)c2)NC)cc1. The van der Waals surface area contributed by atoms with Crippen molar-refractivity contribution in [1.29, 1.82) is 0 Å². The summed E-state index contributed by atoms with van der Waals surface area (Å²) in [5.74, 6) is 0.270. The molecule has 0 amide bonds. The fourth-order valence-corrected chi connectivity index (χ4v) is 2.07. The van der Waals surface area contributed by atoms with E-state index in [1.807, 2.05) is 7.05 Å². The highest BCUT2D eigenvalue weighted by Gasteiger charge is 2.10. The van der Waals surface area contributed by atoms with Crippen molar-refractivity contribution in [1.82, 2.24) is 5.32 Å². The third kappa shape index (κ3) is 3.81. The summed E-state index contributed by atoms with van der Waals surface area (Å²) in [5, 5.41) is 3.22. The number of likely N-dealkylation sites (N-methyl/N-ethyl adjacent to an activating group) is 1. The molecule has 20 heavy (non-hydrogen) atoms. The van der Waals surface area contributed by atoms with Gasteiger partial charge in [0.25, 0.3) is 0 Å². The van der Waals surface area contributed by atoms with Gasteiger partial charge < -0.3 is 10.1 Å². The van der Waals surface area contributed by atoms with Crippen LogP contribution in [-0.4, -0.2) is 13.7 Å². The molecule has 0 aliphatic heterocycles. The minimum atomic E-state index is -0.282. The van der Waals surface area contributed by atoms with Crippen molar-refractivity contribution < 1.29 is 9.13 Å². The number of halogens is 1. The fraction of sp³-hybridized carbons (Fsp3) is 0.294. The molecule has 1 atom stereocenters. The highest BCUT2D eigenvalue weighted by Crippen LogP contribution is 2.18. The molecule has 2 aromatic carbocycles. The van der Waals surface area contributed by atoms with Gasteiger partial charge in [-0.05, 0) is 36.7 Å². The molecular weight excluding hydrogens is 253 g/mol. The minimum absolute atomic E-state index is 0.0872. The standard InChI is InChI=1S/C17H20FNO/c1-3-13-7-9-14(10-8-13)17(19-2)12-20-16-6-4-5-15(18)11-16/h4-11,17,19H,3,12H2,1-2H3. The lowest BCUT2D eigenvalue weighted by atomic mass is 10.0. The average molecular weight is 273 g/mol. The van der Waals surface area contributed by atoms with Gasteiger partial charge in [-0.1, -0.05) is 37.3 Å². The van der Waals surface area contributed by atoms with Crippen molar-refractivity contribution in [3.8, 4) is 5.75 Å². The zero-order valence-electron chi connectivity index (χ0n) is 11.9. The number of ether oxygens (including phenoxy) is 1. The molecule has 0 fully saturated rings. The molecule has 0 aromatic heterocycles. The van der Waals surface area contributed by atoms with E-state index in [1.54, 1.807) is 12.1 Å². The van der Waals surface area contributed by atoms with E-state index in [4.69, 9.17) is 4.74 Å². The minimum Gasteiger partial charge on any atom is -0.492 e. The summed E-state index contributed by atoms with van der Waals surface area (Å²) in [5.41, 5.74) is 2.48. The first-order valence-corrected chi connectivity index (χ1v) is 6.87. The second-order valence-electron chi connectivity index (χ2n) is 4.70. The third-order valence-corrected chi connectivity index (χ3v) is 3.35. The van der Waals surface area contributed by atoms with Crippen LogP contribution in [-0.2, 0) is 6.42 Å². The van der Waals surface area contributed by atoms with E-state index >= 15 is 0 Å². The molecule has 0 spiro atoms. The number of aryl methyl sites for hydroxylation is 1. The highest BCUT2D eigenvalue weighted by molar-refractivity contribution is 5.26. The Balaban J connectivity index is 2.01. The Kier molecular flexibility index (Phi) is 5.13. The zero-order chi connectivity index (χ0) is 14.4. The molecular formula is C17H20FNO. The largest absolute Gasteiger partial charge is 0.492 e. The van der Waals surface area contributed by atoms with Crippen LogP contribution in [0.4, 0.5) is 4.39 Å². The van der Waals surface area contributed by atoms with Crippen LogP contribution in [0.15, 0.2) is 48.5 Å². The normalized spacial score (nSPS) is 12.2. The Morgan fingerprint density at radius 2 is 1.90 bits per heavy atom. The first-order valence-electron chi connectivity index (χ1n) is 6.87. The molecule has 0 aliphatic carbocycles. The molecule has 0 saturated carbocycles. The maximum Gasteiger partial charge on any atom is 0.126 e.